The van der Waals surface area contributed by atoms with E-state index in [2.05, 4.69) is 5.32 Å². The first kappa shape index (κ1) is 31.7. The van der Waals surface area contributed by atoms with Gasteiger partial charge in [0.05, 0.1) is 17.0 Å². The predicted octanol–water partition coefficient (Wildman–Crippen LogP) is 5.97. The van der Waals surface area contributed by atoms with E-state index >= 15 is 0 Å². The summed E-state index contributed by atoms with van der Waals surface area (Å²) in [7, 11) is -3.92. The van der Waals surface area contributed by atoms with Crippen LogP contribution in [0.4, 0.5) is 5.69 Å². The van der Waals surface area contributed by atoms with E-state index in [1.165, 1.54) is 11.0 Å². The molecule has 0 bridgehead atoms. The zero-order valence-corrected chi connectivity index (χ0v) is 25.4. The largest absolute Gasteiger partial charge is 0.354 e. The Hall–Kier alpha value is -2.78. The zero-order chi connectivity index (χ0) is 29.3. The number of amides is 2. The van der Waals surface area contributed by atoms with Crippen molar-refractivity contribution >= 4 is 62.3 Å². The number of sulfonamides is 1. The van der Waals surface area contributed by atoms with Crippen LogP contribution in [0, 0.1) is 0 Å². The minimum Gasteiger partial charge on any atom is -0.354 e. The van der Waals surface area contributed by atoms with Crippen LogP contribution in [0.2, 0.25) is 15.1 Å². The Morgan fingerprint density at radius 1 is 0.925 bits per heavy atom. The van der Waals surface area contributed by atoms with Gasteiger partial charge in [0.25, 0.3) is 0 Å². The Morgan fingerprint density at radius 3 is 2.23 bits per heavy atom. The molecular formula is C29H32Cl3N3O4S. The van der Waals surface area contributed by atoms with Crippen molar-refractivity contribution < 1.29 is 18.0 Å². The lowest BCUT2D eigenvalue weighted by Gasteiger charge is -2.34. The minimum absolute atomic E-state index is 0.0480. The molecule has 0 saturated heterocycles. The van der Waals surface area contributed by atoms with E-state index < -0.39 is 28.5 Å². The molecule has 0 aliphatic heterocycles. The highest BCUT2D eigenvalue weighted by Crippen LogP contribution is 2.28. The van der Waals surface area contributed by atoms with E-state index in [9.17, 15) is 18.0 Å². The SMILES string of the molecule is CCCCNC(=O)[C@H](Cc1ccccc1)N(Cc1ccc(Cl)cc1Cl)C(=O)CN(c1ccccc1Cl)S(C)(=O)=O. The van der Waals surface area contributed by atoms with E-state index in [4.69, 9.17) is 34.8 Å². The Morgan fingerprint density at radius 2 is 1.60 bits per heavy atom. The third-order valence-corrected chi connectivity index (χ3v) is 8.29. The second-order valence-electron chi connectivity index (χ2n) is 9.33. The van der Waals surface area contributed by atoms with Crippen molar-refractivity contribution in [1.29, 1.82) is 0 Å². The molecule has 7 nitrogen and oxygen atoms in total. The Labute approximate surface area is 251 Å². The smallest absolute Gasteiger partial charge is 0.244 e. The molecule has 0 radical (unpaired) electrons. The minimum atomic E-state index is -3.92. The fraction of sp³-hybridized carbons (Fsp3) is 0.310. The van der Waals surface area contributed by atoms with Crippen LogP contribution in [-0.4, -0.2) is 50.5 Å². The molecule has 3 aromatic carbocycles. The number of anilines is 1. The standard InChI is InChI=1S/C29H32Cl3N3O4S/c1-3-4-16-33-29(37)27(17-21-10-6-5-7-11-21)34(19-22-14-15-23(30)18-25(22)32)28(36)20-35(40(2,38)39)26-13-9-8-12-24(26)31/h5-15,18,27H,3-4,16-17,19-20H2,1-2H3,(H,33,37)/t27-/m0/s1. The molecule has 0 unspecified atom stereocenters. The van der Waals surface area contributed by atoms with E-state index in [1.54, 1.807) is 36.4 Å². The average molecular weight is 625 g/mol. The number of hydrogen-bond donors (Lipinski definition) is 1. The van der Waals surface area contributed by atoms with E-state index in [-0.39, 0.29) is 29.6 Å². The number of para-hydroxylation sites is 1. The lowest BCUT2D eigenvalue weighted by Crippen LogP contribution is -2.53. The second kappa shape index (κ2) is 14.7. The van der Waals surface area contributed by atoms with Crippen LogP contribution < -0.4 is 9.62 Å². The number of benzene rings is 3. The Kier molecular flexibility index (Phi) is 11.7. The predicted molar refractivity (Wildman–Crippen MR) is 163 cm³/mol. The topological polar surface area (TPSA) is 86.8 Å². The molecule has 1 atom stereocenters. The maximum atomic E-state index is 14.1. The number of unbranched alkanes of at least 4 members (excludes halogenated alkanes) is 1. The van der Waals surface area contributed by atoms with Gasteiger partial charge in [-0.25, -0.2) is 8.42 Å². The van der Waals surface area contributed by atoms with Crippen LogP contribution >= 0.6 is 34.8 Å². The van der Waals surface area contributed by atoms with Gasteiger partial charge in [-0.1, -0.05) is 96.7 Å². The van der Waals surface area contributed by atoms with Gasteiger partial charge in [0.15, 0.2) is 0 Å². The van der Waals surface area contributed by atoms with Gasteiger partial charge in [-0.2, -0.15) is 0 Å². The second-order valence-corrected chi connectivity index (χ2v) is 12.5. The molecule has 0 aliphatic rings. The van der Waals surface area contributed by atoms with Crippen molar-refractivity contribution in [3.8, 4) is 0 Å². The van der Waals surface area contributed by atoms with Gasteiger partial charge in [-0.05, 0) is 41.8 Å². The summed E-state index contributed by atoms with van der Waals surface area (Å²) in [5, 5.41) is 3.85. The van der Waals surface area contributed by atoms with Crippen LogP contribution in [0.25, 0.3) is 0 Å². The quantitative estimate of drug-likeness (QED) is 0.238. The fourth-order valence-corrected chi connectivity index (χ4v) is 5.76. The number of hydrogen-bond acceptors (Lipinski definition) is 4. The van der Waals surface area contributed by atoms with Crippen LogP contribution in [0.3, 0.4) is 0 Å². The van der Waals surface area contributed by atoms with Gasteiger partial charge in [-0.3, -0.25) is 13.9 Å². The summed E-state index contributed by atoms with van der Waals surface area (Å²) in [5.41, 5.74) is 1.56. The Bertz CT molecular complexity index is 1420. The first-order chi connectivity index (χ1) is 19.0. The highest BCUT2D eigenvalue weighted by atomic mass is 35.5. The van der Waals surface area contributed by atoms with Crippen molar-refractivity contribution in [2.75, 3.05) is 23.7 Å². The van der Waals surface area contributed by atoms with Crippen molar-refractivity contribution in [2.45, 2.75) is 38.8 Å². The maximum Gasteiger partial charge on any atom is 0.244 e. The summed E-state index contributed by atoms with van der Waals surface area (Å²) in [6, 6.07) is 19.6. The van der Waals surface area contributed by atoms with Crippen molar-refractivity contribution in [2.24, 2.45) is 0 Å². The van der Waals surface area contributed by atoms with E-state index in [1.807, 2.05) is 37.3 Å². The van der Waals surface area contributed by atoms with Crippen LogP contribution in [0.15, 0.2) is 72.8 Å². The van der Waals surface area contributed by atoms with Gasteiger partial charge < -0.3 is 10.2 Å². The lowest BCUT2D eigenvalue weighted by molar-refractivity contribution is -0.140. The molecule has 11 heteroatoms. The summed E-state index contributed by atoms with van der Waals surface area (Å²) < 4.78 is 26.6. The highest BCUT2D eigenvalue weighted by molar-refractivity contribution is 7.92. The molecule has 3 aromatic rings. The third-order valence-electron chi connectivity index (χ3n) is 6.26. The molecule has 214 valence electrons. The van der Waals surface area contributed by atoms with Gasteiger partial charge in [0.1, 0.15) is 12.6 Å². The molecular weight excluding hydrogens is 593 g/mol. The molecule has 2 amide bonds. The van der Waals surface area contributed by atoms with E-state index in [0.29, 0.717) is 22.2 Å². The molecule has 3 rings (SSSR count). The normalized spacial score (nSPS) is 12.0. The molecule has 40 heavy (non-hydrogen) atoms. The number of nitrogens with one attached hydrogen (secondary N) is 1. The maximum absolute atomic E-state index is 14.1. The van der Waals surface area contributed by atoms with Gasteiger partial charge in [0.2, 0.25) is 21.8 Å². The highest BCUT2D eigenvalue weighted by Gasteiger charge is 2.33. The van der Waals surface area contributed by atoms with Crippen LogP contribution in [0.1, 0.15) is 30.9 Å². The monoisotopic (exact) mass is 623 g/mol. The summed E-state index contributed by atoms with van der Waals surface area (Å²) in [4.78, 5) is 29.0. The number of nitrogens with zero attached hydrogens (tertiary/aromatic N) is 2. The summed E-state index contributed by atoms with van der Waals surface area (Å²) in [5.74, 6) is -0.942. The average Bonchev–Trinajstić information content (AvgIpc) is 2.91. The van der Waals surface area contributed by atoms with Crippen molar-refractivity contribution in [3.63, 3.8) is 0 Å². The van der Waals surface area contributed by atoms with E-state index in [0.717, 1.165) is 29.0 Å². The summed E-state index contributed by atoms with van der Waals surface area (Å²) in [6.07, 6.45) is 2.87. The fourth-order valence-electron chi connectivity index (χ4n) is 4.14. The number of carbonyl (C=O) groups excluding carboxylic acids is 2. The van der Waals surface area contributed by atoms with Crippen molar-refractivity contribution in [1.82, 2.24) is 10.2 Å². The molecule has 0 spiro atoms. The molecule has 0 heterocycles. The molecule has 0 aliphatic carbocycles. The van der Waals surface area contributed by atoms with Gasteiger partial charge >= 0.3 is 0 Å². The first-order valence-corrected chi connectivity index (χ1v) is 15.8. The lowest BCUT2D eigenvalue weighted by atomic mass is 10.0. The molecule has 0 fully saturated rings. The van der Waals surface area contributed by atoms with Gasteiger partial charge in [0, 0.05) is 29.6 Å². The van der Waals surface area contributed by atoms with Crippen molar-refractivity contribution in [3.05, 3.63) is 99.0 Å². The summed E-state index contributed by atoms with van der Waals surface area (Å²) in [6.45, 7) is 1.84. The zero-order valence-electron chi connectivity index (χ0n) is 22.3. The Balaban J connectivity index is 2.07. The molecule has 0 saturated carbocycles. The third kappa shape index (κ3) is 8.86. The van der Waals surface area contributed by atoms with Crippen LogP contribution in [0.5, 0.6) is 0 Å². The first-order valence-electron chi connectivity index (χ1n) is 12.8. The number of halogens is 3. The molecule has 1 N–H and O–H groups in total. The number of rotatable bonds is 13. The molecule has 0 aromatic heterocycles. The number of carbonyl (C=O) groups is 2. The van der Waals surface area contributed by atoms with Crippen LogP contribution in [-0.2, 0) is 32.6 Å². The van der Waals surface area contributed by atoms with Gasteiger partial charge in [-0.15, -0.1) is 0 Å². The summed E-state index contributed by atoms with van der Waals surface area (Å²) >= 11 is 18.9.